The molecule has 0 unspecified atom stereocenters. The van der Waals surface area contributed by atoms with Crippen molar-refractivity contribution < 1.29 is 0 Å². The largest absolute Gasteiger partial charge is 0.241 e. The number of hydrogen-bond acceptors (Lipinski definition) is 2. The molecule has 1 radical (unpaired) electrons. The van der Waals surface area contributed by atoms with Crippen LogP contribution in [0.2, 0.25) is 0 Å². The zero-order valence-electron chi connectivity index (χ0n) is 6.20. The fourth-order valence-electron chi connectivity index (χ4n) is 0.996. The van der Waals surface area contributed by atoms with E-state index in [0.29, 0.717) is 0 Å². The second-order valence-corrected chi connectivity index (χ2v) is 2.39. The molecule has 2 rings (SSSR count). The van der Waals surface area contributed by atoms with Crippen molar-refractivity contribution in [3.63, 3.8) is 0 Å². The number of para-hydroxylation sites is 1. The fraction of sp³-hybridized carbons (Fsp3) is 0.111. The van der Waals surface area contributed by atoms with Gasteiger partial charge in [-0.1, -0.05) is 18.2 Å². The van der Waals surface area contributed by atoms with Crippen molar-refractivity contribution in [1.29, 1.82) is 0 Å². The molecule has 0 N–H and O–H groups in total. The van der Waals surface area contributed by atoms with Gasteiger partial charge in [0.25, 0.3) is 0 Å². The lowest BCUT2D eigenvalue weighted by atomic mass is 10.2. The van der Waals surface area contributed by atoms with Crippen LogP contribution in [0.1, 0.15) is 5.82 Å². The SMILES string of the molecule is Cc1ncc2ccc[c]c2n1. The molecule has 0 aliphatic rings. The van der Waals surface area contributed by atoms with Crippen LogP contribution in [0.3, 0.4) is 0 Å². The van der Waals surface area contributed by atoms with E-state index in [2.05, 4.69) is 16.0 Å². The Kier molecular flexibility index (Phi) is 1.32. The van der Waals surface area contributed by atoms with Crippen LogP contribution in [0.4, 0.5) is 0 Å². The van der Waals surface area contributed by atoms with Crippen molar-refractivity contribution in [3.8, 4) is 0 Å². The molecule has 0 atom stereocenters. The second-order valence-electron chi connectivity index (χ2n) is 2.39. The van der Waals surface area contributed by atoms with Gasteiger partial charge in [-0.15, -0.1) is 0 Å². The normalized spacial score (nSPS) is 10.3. The van der Waals surface area contributed by atoms with E-state index >= 15 is 0 Å². The first kappa shape index (κ1) is 6.28. The number of aromatic nitrogens is 2. The summed E-state index contributed by atoms with van der Waals surface area (Å²) >= 11 is 0. The average Bonchev–Trinajstić information content (AvgIpc) is 2.04. The number of rotatable bonds is 0. The number of benzene rings is 1. The Balaban J connectivity index is 2.83. The van der Waals surface area contributed by atoms with Crippen molar-refractivity contribution in [2.45, 2.75) is 6.92 Å². The molecule has 0 bridgehead atoms. The lowest BCUT2D eigenvalue weighted by Crippen LogP contribution is -1.86. The van der Waals surface area contributed by atoms with Gasteiger partial charge in [0, 0.05) is 17.6 Å². The van der Waals surface area contributed by atoms with Gasteiger partial charge in [0.15, 0.2) is 0 Å². The number of fused-ring (bicyclic) bond motifs is 1. The molecule has 0 aliphatic carbocycles. The molecule has 0 spiro atoms. The van der Waals surface area contributed by atoms with Gasteiger partial charge in [-0.2, -0.15) is 0 Å². The third-order valence-corrected chi connectivity index (χ3v) is 1.53. The van der Waals surface area contributed by atoms with Crippen LogP contribution in [0.15, 0.2) is 24.4 Å². The molecule has 0 amide bonds. The molecular formula is C9H7N2. The van der Waals surface area contributed by atoms with E-state index in [1.165, 1.54) is 0 Å². The number of hydrogen-bond donors (Lipinski definition) is 0. The summed E-state index contributed by atoms with van der Waals surface area (Å²) < 4.78 is 0. The minimum absolute atomic E-state index is 0.792. The standard InChI is InChI=1S/C9H7N2/c1-7-10-6-8-4-2-3-5-9(8)11-7/h2-4,6H,1H3. The maximum Gasteiger partial charge on any atom is 0.125 e. The van der Waals surface area contributed by atoms with Gasteiger partial charge >= 0.3 is 0 Å². The van der Waals surface area contributed by atoms with Gasteiger partial charge in [0.05, 0.1) is 5.52 Å². The van der Waals surface area contributed by atoms with Crippen LogP contribution in [0.5, 0.6) is 0 Å². The monoisotopic (exact) mass is 143 g/mol. The van der Waals surface area contributed by atoms with Crippen molar-refractivity contribution in [1.82, 2.24) is 9.97 Å². The van der Waals surface area contributed by atoms with Crippen LogP contribution in [0, 0.1) is 13.0 Å². The summed E-state index contributed by atoms with van der Waals surface area (Å²) in [6.45, 7) is 1.88. The first-order valence-corrected chi connectivity index (χ1v) is 3.46. The predicted octanol–water partition coefficient (Wildman–Crippen LogP) is 1.74. The highest BCUT2D eigenvalue weighted by atomic mass is 14.9. The Morgan fingerprint density at radius 2 is 2.36 bits per heavy atom. The molecule has 53 valence electrons. The number of aryl methyl sites for hydroxylation is 1. The zero-order valence-corrected chi connectivity index (χ0v) is 6.20. The molecule has 0 saturated heterocycles. The molecule has 0 saturated carbocycles. The average molecular weight is 143 g/mol. The van der Waals surface area contributed by atoms with Gasteiger partial charge < -0.3 is 0 Å². The maximum absolute atomic E-state index is 4.21. The van der Waals surface area contributed by atoms with Crippen molar-refractivity contribution >= 4 is 10.9 Å². The van der Waals surface area contributed by atoms with E-state index in [4.69, 9.17) is 0 Å². The fourth-order valence-corrected chi connectivity index (χ4v) is 0.996. The Morgan fingerprint density at radius 1 is 1.45 bits per heavy atom. The highest BCUT2D eigenvalue weighted by Gasteiger charge is 1.92. The zero-order chi connectivity index (χ0) is 7.68. The minimum atomic E-state index is 0.792. The summed E-state index contributed by atoms with van der Waals surface area (Å²) in [7, 11) is 0. The van der Waals surface area contributed by atoms with E-state index in [9.17, 15) is 0 Å². The third kappa shape index (κ3) is 1.07. The summed E-state index contributed by atoms with van der Waals surface area (Å²) in [5.41, 5.74) is 0.889. The molecule has 1 aromatic heterocycles. The molecule has 0 fully saturated rings. The van der Waals surface area contributed by atoms with E-state index in [1.807, 2.05) is 31.3 Å². The Morgan fingerprint density at radius 3 is 3.27 bits per heavy atom. The van der Waals surface area contributed by atoms with Crippen molar-refractivity contribution in [2.24, 2.45) is 0 Å². The smallest absolute Gasteiger partial charge is 0.125 e. The van der Waals surface area contributed by atoms with Crippen LogP contribution >= 0.6 is 0 Å². The van der Waals surface area contributed by atoms with Gasteiger partial charge in [-0.3, -0.25) is 0 Å². The Hall–Kier alpha value is -1.44. The first-order valence-electron chi connectivity index (χ1n) is 3.46. The minimum Gasteiger partial charge on any atom is -0.241 e. The lowest BCUT2D eigenvalue weighted by Gasteiger charge is -1.94. The molecule has 1 heterocycles. The molecular weight excluding hydrogens is 136 g/mol. The van der Waals surface area contributed by atoms with Crippen LogP contribution < -0.4 is 0 Å². The van der Waals surface area contributed by atoms with E-state index in [1.54, 1.807) is 0 Å². The van der Waals surface area contributed by atoms with Crippen molar-refractivity contribution in [3.05, 3.63) is 36.3 Å². The van der Waals surface area contributed by atoms with Crippen LogP contribution in [-0.2, 0) is 0 Å². The molecule has 1 aromatic carbocycles. The highest BCUT2D eigenvalue weighted by Crippen LogP contribution is 2.07. The summed E-state index contributed by atoms with van der Waals surface area (Å²) in [5, 5.41) is 1.04. The predicted molar refractivity (Wildman–Crippen MR) is 43.1 cm³/mol. The second kappa shape index (κ2) is 2.31. The quantitative estimate of drug-likeness (QED) is 0.561. The van der Waals surface area contributed by atoms with E-state index in [0.717, 1.165) is 16.7 Å². The molecule has 11 heavy (non-hydrogen) atoms. The maximum atomic E-state index is 4.21. The van der Waals surface area contributed by atoms with Gasteiger partial charge in [0.2, 0.25) is 0 Å². The molecule has 2 heteroatoms. The van der Waals surface area contributed by atoms with Gasteiger partial charge in [-0.25, -0.2) is 9.97 Å². The van der Waals surface area contributed by atoms with E-state index in [-0.39, 0.29) is 0 Å². The van der Waals surface area contributed by atoms with Gasteiger partial charge in [-0.05, 0) is 6.92 Å². The summed E-state index contributed by atoms with van der Waals surface area (Å²) in [4.78, 5) is 8.29. The Labute approximate surface area is 64.9 Å². The molecule has 0 aliphatic heterocycles. The Bertz CT molecular complexity index is 382. The van der Waals surface area contributed by atoms with Crippen molar-refractivity contribution in [2.75, 3.05) is 0 Å². The highest BCUT2D eigenvalue weighted by molar-refractivity contribution is 5.76. The first-order chi connectivity index (χ1) is 5.36. The lowest BCUT2D eigenvalue weighted by molar-refractivity contribution is 1.09. The molecule has 2 nitrogen and oxygen atoms in total. The summed E-state index contributed by atoms with van der Waals surface area (Å²) in [6.07, 6.45) is 1.81. The summed E-state index contributed by atoms with van der Waals surface area (Å²) in [6, 6.07) is 8.81. The van der Waals surface area contributed by atoms with E-state index < -0.39 is 0 Å². The number of nitrogens with zero attached hydrogens (tertiary/aromatic N) is 2. The topological polar surface area (TPSA) is 25.8 Å². The summed E-state index contributed by atoms with van der Waals surface area (Å²) in [5.74, 6) is 0.792. The van der Waals surface area contributed by atoms with Crippen LogP contribution in [-0.4, -0.2) is 9.97 Å². The van der Waals surface area contributed by atoms with Gasteiger partial charge in [0.1, 0.15) is 5.82 Å². The third-order valence-electron chi connectivity index (χ3n) is 1.53. The molecule has 2 aromatic rings. The van der Waals surface area contributed by atoms with Crippen LogP contribution in [0.25, 0.3) is 10.9 Å².